The molecule has 1 aliphatic rings. The van der Waals surface area contributed by atoms with E-state index in [0.29, 0.717) is 0 Å². The third-order valence-electron chi connectivity index (χ3n) is 2.86. The van der Waals surface area contributed by atoms with Crippen molar-refractivity contribution in [2.75, 3.05) is 0 Å². The highest BCUT2D eigenvalue weighted by molar-refractivity contribution is 7.70. The zero-order chi connectivity index (χ0) is 10.8. The summed E-state index contributed by atoms with van der Waals surface area (Å²) in [7, 11) is 3.65. The molecule has 0 bridgehead atoms. The number of aryl methyl sites for hydroxylation is 1. The zero-order valence-corrected chi connectivity index (χ0v) is 10.5. The average Bonchev–Trinajstić information content (AvgIpc) is 2.33. The molecule has 16 heavy (non-hydrogen) atoms. The lowest BCUT2D eigenvalue weighted by atomic mass is 9.96. The van der Waals surface area contributed by atoms with E-state index in [1.54, 1.807) is 10.3 Å². The van der Waals surface area contributed by atoms with Gasteiger partial charge in [0, 0.05) is 10.1 Å². The molecule has 0 saturated heterocycles. The fraction of sp³-hybridized carbons (Fsp3) is 0.143. The van der Waals surface area contributed by atoms with Gasteiger partial charge in [-0.05, 0) is 41.5 Å². The van der Waals surface area contributed by atoms with Gasteiger partial charge in [-0.1, -0.05) is 51.0 Å². The molecule has 0 nitrogen and oxygen atoms in total. The molecule has 3 rings (SSSR count). The van der Waals surface area contributed by atoms with Gasteiger partial charge in [-0.2, -0.15) is 0 Å². The summed E-state index contributed by atoms with van der Waals surface area (Å²) in [6.07, 6.45) is 6.85. The van der Waals surface area contributed by atoms with Crippen LogP contribution in [0, 0.1) is 0 Å². The van der Waals surface area contributed by atoms with Gasteiger partial charge >= 0.3 is 0 Å². The Morgan fingerprint density at radius 1 is 1.06 bits per heavy atom. The summed E-state index contributed by atoms with van der Waals surface area (Å²) in [6.45, 7) is 0. The fourth-order valence-corrected chi connectivity index (χ4v) is 3.96. The third-order valence-corrected chi connectivity index (χ3v) is 4.90. The summed E-state index contributed by atoms with van der Waals surface area (Å²) >= 11 is 0. The van der Waals surface area contributed by atoms with Crippen molar-refractivity contribution < 1.29 is 0 Å². The van der Waals surface area contributed by atoms with Gasteiger partial charge in [-0.3, -0.25) is 0 Å². The lowest BCUT2D eigenvalue weighted by molar-refractivity contribution is 0.999. The Balaban J connectivity index is 2.46. The first-order chi connectivity index (χ1) is 7.95. The molecule has 2 aromatic rings. The van der Waals surface area contributed by atoms with Crippen LogP contribution >= 0.6 is 20.7 Å². The summed E-state index contributed by atoms with van der Waals surface area (Å²) in [5.74, 6) is 0. The molecule has 0 fully saturated rings. The van der Waals surface area contributed by atoms with Crippen LogP contribution in [0.4, 0.5) is 0 Å². The first-order valence-electron chi connectivity index (χ1n) is 5.44. The van der Waals surface area contributed by atoms with E-state index in [2.05, 4.69) is 47.9 Å². The largest absolute Gasteiger partial charge is 0.0881 e. The molecule has 0 amide bonds. The summed E-state index contributed by atoms with van der Waals surface area (Å²) in [4.78, 5) is 0. The van der Waals surface area contributed by atoms with E-state index in [9.17, 15) is 0 Å². The van der Waals surface area contributed by atoms with Gasteiger partial charge in [0.05, 0.1) is 0 Å². The van der Waals surface area contributed by atoms with Crippen LogP contribution in [0.1, 0.15) is 17.5 Å². The monoisotopic (exact) mass is 244 g/mol. The number of rotatable bonds is 0. The van der Waals surface area contributed by atoms with E-state index in [0.717, 1.165) is 0 Å². The Morgan fingerprint density at radius 3 is 3.00 bits per heavy atom. The normalized spacial score (nSPS) is 13.5. The third kappa shape index (κ3) is 1.79. The SMILES string of the molecule is C1=Cc2ccssc3ccccc3c2CC1. The highest BCUT2D eigenvalue weighted by Crippen LogP contribution is 2.28. The Hall–Kier alpha value is -1.12. The lowest BCUT2D eigenvalue weighted by Gasteiger charge is -2.10. The Kier molecular flexibility index (Phi) is 2.77. The van der Waals surface area contributed by atoms with Crippen LogP contribution < -0.4 is 0 Å². The molecule has 0 aliphatic heterocycles. The summed E-state index contributed by atoms with van der Waals surface area (Å²) in [5.41, 5.74) is 2.88. The molecule has 1 aliphatic carbocycles. The topological polar surface area (TPSA) is 0 Å². The highest BCUT2D eigenvalue weighted by atomic mass is 32.9. The number of hydrogen-bond donors (Lipinski definition) is 0. The predicted molar refractivity (Wildman–Crippen MR) is 74.7 cm³/mol. The maximum absolute atomic E-state index is 2.27. The van der Waals surface area contributed by atoms with Crippen LogP contribution in [0.5, 0.6) is 0 Å². The molecule has 0 unspecified atom stereocenters. The Labute approximate surface area is 103 Å². The molecule has 2 heteroatoms. The van der Waals surface area contributed by atoms with E-state index in [1.165, 1.54) is 34.1 Å². The van der Waals surface area contributed by atoms with Crippen molar-refractivity contribution in [3.8, 4) is 0 Å². The summed E-state index contributed by atoms with van der Waals surface area (Å²) < 4.78 is 1.39. The van der Waals surface area contributed by atoms with Crippen molar-refractivity contribution >= 4 is 36.8 Å². The van der Waals surface area contributed by atoms with Gasteiger partial charge in [-0.25, -0.2) is 0 Å². The van der Waals surface area contributed by atoms with E-state index in [4.69, 9.17) is 0 Å². The molecule has 80 valence electrons. The number of hydrogen-bond acceptors (Lipinski definition) is 2. The fourth-order valence-electron chi connectivity index (χ4n) is 2.10. The zero-order valence-electron chi connectivity index (χ0n) is 8.85. The second kappa shape index (κ2) is 4.40. The van der Waals surface area contributed by atoms with Crippen LogP contribution in [-0.2, 0) is 6.42 Å². The van der Waals surface area contributed by atoms with Crippen LogP contribution in [-0.4, -0.2) is 0 Å². The number of benzene rings is 1. The Bertz CT molecular complexity index is 586. The van der Waals surface area contributed by atoms with Gasteiger partial charge in [0.15, 0.2) is 0 Å². The maximum Gasteiger partial charge on any atom is 0.0452 e. The standard InChI is InChI=1S/C14H12S2/c1-2-6-12-11(5-1)9-10-15-16-14-8-4-3-7-13(12)14/h1,3-5,7-10H,2,6H2. The van der Waals surface area contributed by atoms with E-state index in [1.807, 2.05) is 10.3 Å². The van der Waals surface area contributed by atoms with Crippen molar-refractivity contribution in [2.45, 2.75) is 12.8 Å². The molecule has 1 aromatic heterocycles. The smallest absolute Gasteiger partial charge is 0.0452 e. The molecule has 0 spiro atoms. The second-order valence-electron chi connectivity index (χ2n) is 3.85. The van der Waals surface area contributed by atoms with Gasteiger partial charge in [-0.15, -0.1) is 0 Å². The van der Waals surface area contributed by atoms with Crippen molar-refractivity contribution in [3.05, 3.63) is 52.9 Å². The minimum Gasteiger partial charge on any atom is -0.0881 e. The van der Waals surface area contributed by atoms with Gasteiger partial charge in [0.25, 0.3) is 0 Å². The average molecular weight is 244 g/mol. The van der Waals surface area contributed by atoms with E-state index in [-0.39, 0.29) is 0 Å². The van der Waals surface area contributed by atoms with Gasteiger partial charge < -0.3 is 0 Å². The van der Waals surface area contributed by atoms with Crippen molar-refractivity contribution in [1.82, 2.24) is 0 Å². The lowest BCUT2D eigenvalue weighted by Crippen LogP contribution is -1.92. The molecule has 0 radical (unpaired) electrons. The van der Waals surface area contributed by atoms with Crippen LogP contribution in [0.3, 0.4) is 0 Å². The van der Waals surface area contributed by atoms with Crippen molar-refractivity contribution in [3.63, 3.8) is 0 Å². The van der Waals surface area contributed by atoms with Crippen LogP contribution in [0.25, 0.3) is 16.2 Å². The minimum atomic E-state index is 1.17. The van der Waals surface area contributed by atoms with Gasteiger partial charge in [0.1, 0.15) is 0 Å². The molecular weight excluding hydrogens is 232 g/mol. The molecule has 0 N–H and O–H groups in total. The number of allylic oxidation sites excluding steroid dienone is 1. The summed E-state index contributed by atoms with van der Waals surface area (Å²) in [6, 6.07) is 11.0. The highest BCUT2D eigenvalue weighted by Gasteiger charge is 2.06. The van der Waals surface area contributed by atoms with Gasteiger partial charge in [0.2, 0.25) is 0 Å². The van der Waals surface area contributed by atoms with Crippen molar-refractivity contribution in [2.24, 2.45) is 0 Å². The maximum atomic E-state index is 2.27. The molecular formula is C14H12S2. The Morgan fingerprint density at radius 2 is 2.00 bits per heavy atom. The molecule has 0 atom stereocenters. The molecule has 1 aromatic carbocycles. The first-order valence-corrected chi connectivity index (χ1v) is 7.65. The minimum absolute atomic E-state index is 1.17. The molecule has 0 saturated carbocycles. The summed E-state index contributed by atoms with van der Waals surface area (Å²) in [5, 5.41) is 3.61. The van der Waals surface area contributed by atoms with Crippen LogP contribution in [0.15, 0.2) is 41.8 Å². The van der Waals surface area contributed by atoms with E-state index < -0.39 is 0 Å². The van der Waals surface area contributed by atoms with Crippen molar-refractivity contribution in [1.29, 1.82) is 0 Å². The second-order valence-corrected chi connectivity index (χ2v) is 6.00. The molecule has 1 heterocycles. The first kappa shape index (κ1) is 10.1. The number of fused-ring (bicyclic) bond motifs is 3. The quantitative estimate of drug-likeness (QED) is 0.569. The van der Waals surface area contributed by atoms with E-state index >= 15 is 0 Å². The van der Waals surface area contributed by atoms with Crippen LogP contribution in [0.2, 0.25) is 0 Å². The predicted octanol–water partition coefficient (Wildman–Crippen LogP) is 5.05.